The molecule has 1 saturated heterocycles. The number of carbonyl (C=O) groups excluding carboxylic acids is 1. The van der Waals surface area contributed by atoms with Crippen LogP contribution in [0.5, 0.6) is 0 Å². The highest BCUT2D eigenvalue weighted by Crippen LogP contribution is 2.22. The van der Waals surface area contributed by atoms with E-state index in [0.29, 0.717) is 18.5 Å². The second-order valence-corrected chi connectivity index (χ2v) is 9.07. The van der Waals surface area contributed by atoms with Gasteiger partial charge in [0.15, 0.2) is 9.84 Å². The SMILES string of the molecule is Cc1ccc(CN(C(=O)c2ccc(C)cc2)C2CCS(=O)(=O)C2)cc1. The molecule has 0 saturated carbocycles. The van der Waals surface area contributed by atoms with Crippen LogP contribution in [0.4, 0.5) is 0 Å². The molecule has 0 aliphatic carbocycles. The molecule has 1 aliphatic heterocycles. The highest BCUT2D eigenvalue weighted by Gasteiger charge is 2.35. The fraction of sp³-hybridized carbons (Fsp3) is 0.350. The Morgan fingerprint density at radius 1 is 1.00 bits per heavy atom. The van der Waals surface area contributed by atoms with Crippen LogP contribution in [0.2, 0.25) is 0 Å². The molecule has 4 nitrogen and oxygen atoms in total. The first-order valence-electron chi connectivity index (χ1n) is 8.48. The van der Waals surface area contributed by atoms with Gasteiger partial charge < -0.3 is 4.90 Å². The van der Waals surface area contributed by atoms with Crippen LogP contribution < -0.4 is 0 Å². The van der Waals surface area contributed by atoms with E-state index in [1.807, 2.05) is 62.4 Å². The van der Waals surface area contributed by atoms with E-state index in [0.717, 1.165) is 16.7 Å². The van der Waals surface area contributed by atoms with Crippen LogP contribution >= 0.6 is 0 Å². The summed E-state index contributed by atoms with van der Waals surface area (Å²) < 4.78 is 23.8. The van der Waals surface area contributed by atoms with E-state index >= 15 is 0 Å². The summed E-state index contributed by atoms with van der Waals surface area (Å²) in [6.45, 7) is 4.41. The van der Waals surface area contributed by atoms with Crippen molar-refractivity contribution in [3.63, 3.8) is 0 Å². The van der Waals surface area contributed by atoms with Crippen LogP contribution in [0.25, 0.3) is 0 Å². The first-order chi connectivity index (χ1) is 11.8. The molecular weight excluding hydrogens is 334 g/mol. The molecule has 1 atom stereocenters. The normalized spacial score (nSPS) is 18.9. The third-order valence-electron chi connectivity index (χ3n) is 4.68. The number of amides is 1. The molecule has 1 amide bonds. The number of carbonyl (C=O) groups is 1. The molecule has 0 radical (unpaired) electrons. The minimum atomic E-state index is -3.06. The van der Waals surface area contributed by atoms with Crippen LogP contribution in [-0.4, -0.2) is 36.8 Å². The number of benzene rings is 2. The quantitative estimate of drug-likeness (QED) is 0.845. The number of hydrogen-bond acceptors (Lipinski definition) is 3. The fourth-order valence-corrected chi connectivity index (χ4v) is 4.87. The van der Waals surface area contributed by atoms with Gasteiger partial charge >= 0.3 is 0 Å². The van der Waals surface area contributed by atoms with Gasteiger partial charge in [-0.1, -0.05) is 47.5 Å². The predicted octanol–water partition coefficient (Wildman–Crippen LogP) is 3.13. The minimum absolute atomic E-state index is 0.0520. The standard InChI is InChI=1S/C20H23NO3S/c1-15-3-7-17(8-4-15)13-21(19-11-12-25(23,24)14-19)20(22)18-9-5-16(2)6-10-18/h3-10,19H,11-14H2,1-2H3. The van der Waals surface area contributed by atoms with Gasteiger partial charge in [-0.15, -0.1) is 0 Å². The molecule has 25 heavy (non-hydrogen) atoms. The van der Waals surface area contributed by atoms with Crippen molar-refractivity contribution in [3.05, 3.63) is 70.8 Å². The summed E-state index contributed by atoms with van der Waals surface area (Å²) in [4.78, 5) is 14.8. The second kappa shape index (κ2) is 7.00. The molecule has 3 rings (SSSR count). The monoisotopic (exact) mass is 357 g/mol. The summed E-state index contributed by atoms with van der Waals surface area (Å²) in [7, 11) is -3.06. The Morgan fingerprint density at radius 2 is 1.56 bits per heavy atom. The Morgan fingerprint density at radius 3 is 2.08 bits per heavy atom. The molecule has 2 aromatic carbocycles. The van der Waals surface area contributed by atoms with Crippen molar-refractivity contribution >= 4 is 15.7 Å². The zero-order valence-corrected chi connectivity index (χ0v) is 15.4. The molecule has 0 N–H and O–H groups in total. The highest BCUT2D eigenvalue weighted by atomic mass is 32.2. The Bertz CT molecular complexity index is 855. The topological polar surface area (TPSA) is 54.5 Å². The number of rotatable bonds is 4. The summed E-state index contributed by atoms with van der Waals surface area (Å²) in [5.74, 6) is 0.0994. The first-order valence-corrected chi connectivity index (χ1v) is 10.3. The van der Waals surface area contributed by atoms with Gasteiger partial charge in [0.25, 0.3) is 5.91 Å². The van der Waals surface area contributed by atoms with Crippen molar-refractivity contribution in [1.82, 2.24) is 4.90 Å². The van der Waals surface area contributed by atoms with Crippen molar-refractivity contribution in [3.8, 4) is 0 Å². The van der Waals surface area contributed by atoms with Crippen LogP contribution in [0.15, 0.2) is 48.5 Å². The van der Waals surface area contributed by atoms with Crippen molar-refractivity contribution < 1.29 is 13.2 Å². The maximum atomic E-state index is 13.1. The van der Waals surface area contributed by atoms with Gasteiger partial charge in [0, 0.05) is 18.2 Å². The average Bonchev–Trinajstić information content (AvgIpc) is 2.94. The van der Waals surface area contributed by atoms with Crippen molar-refractivity contribution in [2.24, 2.45) is 0 Å². The van der Waals surface area contributed by atoms with Gasteiger partial charge in [0.05, 0.1) is 11.5 Å². The lowest BCUT2D eigenvalue weighted by molar-refractivity contribution is 0.0681. The number of nitrogens with zero attached hydrogens (tertiary/aromatic N) is 1. The van der Waals surface area contributed by atoms with E-state index in [1.165, 1.54) is 0 Å². The molecular formula is C20H23NO3S. The van der Waals surface area contributed by atoms with Gasteiger partial charge in [0.1, 0.15) is 0 Å². The molecule has 1 heterocycles. The fourth-order valence-electron chi connectivity index (χ4n) is 3.14. The van der Waals surface area contributed by atoms with Crippen molar-refractivity contribution in [2.45, 2.75) is 32.9 Å². The number of sulfone groups is 1. The van der Waals surface area contributed by atoms with Crippen LogP contribution in [0.3, 0.4) is 0 Å². The van der Waals surface area contributed by atoms with Crippen LogP contribution in [0, 0.1) is 13.8 Å². The van der Waals surface area contributed by atoms with Crippen molar-refractivity contribution in [2.75, 3.05) is 11.5 Å². The Kier molecular flexibility index (Phi) is 4.95. The lowest BCUT2D eigenvalue weighted by Gasteiger charge is -2.28. The summed E-state index contributed by atoms with van der Waals surface area (Å²) in [5, 5.41) is 0. The molecule has 132 valence electrons. The molecule has 0 aromatic heterocycles. The van der Waals surface area contributed by atoms with E-state index < -0.39 is 9.84 Å². The second-order valence-electron chi connectivity index (χ2n) is 6.84. The summed E-state index contributed by atoms with van der Waals surface area (Å²) in [6.07, 6.45) is 0.506. The Labute approximate surface area is 149 Å². The molecule has 1 unspecified atom stereocenters. The smallest absolute Gasteiger partial charge is 0.254 e. The van der Waals surface area contributed by atoms with Crippen LogP contribution in [-0.2, 0) is 16.4 Å². The van der Waals surface area contributed by atoms with Gasteiger partial charge in [-0.25, -0.2) is 8.42 Å². The molecule has 5 heteroatoms. The Balaban J connectivity index is 1.89. The van der Waals surface area contributed by atoms with Crippen molar-refractivity contribution in [1.29, 1.82) is 0 Å². The zero-order valence-electron chi connectivity index (χ0n) is 14.6. The third kappa shape index (κ3) is 4.28. The molecule has 0 spiro atoms. The van der Waals surface area contributed by atoms with E-state index in [1.54, 1.807) is 4.90 Å². The van der Waals surface area contributed by atoms with Gasteiger partial charge in [0.2, 0.25) is 0 Å². The third-order valence-corrected chi connectivity index (χ3v) is 6.43. The van der Waals surface area contributed by atoms with Gasteiger partial charge in [-0.3, -0.25) is 4.79 Å². The average molecular weight is 357 g/mol. The zero-order chi connectivity index (χ0) is 18.0. The van der Waals surface area contributed by atoms with Crippen LogP contribution in [0.1, 0.15) is 33.5 Å². The lowest BCUT2D eigenvalue weighted by Crippen LogP contribution is -2.40. The van der Waals surface area contributed by atoms with Gasteiger partial charge in [-0.05, 0) is 38.0 Å². The highest BCUT2D eigenvalue weighted by molar-refractivity contribution is 7.91. The van der Waals surface area contributed by atoms with E-state index in [2.05, 4.69) is 0 Å². The Hall–Kier alpha value is -2.14. The minimum Gasteiger partial charge on any atom is -0.330 e. The molecule has 2 aromatic rings. The van der Waals surface area contributed by atoms with E-state index in [-0.39, 0.29) is 23.5 Å². The summed E-state index contributed by atoms with van der Waals surface area (Å²) >= 11 is 0. The maximum absolute atomic E-state index is 13.1. The first kappa shape index (κ1) is 17.7. The van der Waals surface area contributed by atoms with E-state index in [9.17, 15) is 13.2 Å². The maximum Gasteiger partial charge on any atom is 0.254 e. The largest absolute Gasteiger partial charge is 0.330 e. The predicted molar refractivity (Wildman–Crippen MR) is 99.3 cm³/mol. The lowest BCUT2D eigenvalue weighted by atomic mass is 10.1. The molecule has 1 aliphatic rings. The molecule has 0 bridgehead atoms. The number of hydrogen-bond donors (Lipinski definition) is 0. The molecule has 1 fully saturated rings. The van der Waals surface area contributed by atoms with E-state index in [4.69, 9.17) is 0 Å². The summed E-state index contributed by atoms with van der Waals surface area (Å²) in [5.41, 5.74) is 3.85. The summed E-state index contributed by atoms with van der Waals surface area (Å²) in [6, 6.07) is 15.2. The number of aryl methyl sites for hydroxylation is 2. The van der Waals surface area contributed by atoms with Gasteiger partial charge in [-0.2, -0.15) is 0 Å².